The van der Waals surface area contributed by atoms with E-state index in [0.29, 0.717) is 25.4 Å². The first-order chi connectivity index (χ1) is 13.2. The Balaban J connectivity index is 1.33. The molecule has 1 saturated carbocycles. The summed E-state index contributed by atoms with van der Waals surface area (Å²) >= 11 is 0. The number of carbonyl (C=O) groups is 1. The summed E-state index contributed by atoms with van der Waals surface area (Å²) in [6.45, 7) is 1.38. The van der Waals surface area contributed by atoms with Gasteiger partial charge in [0.25, 0.3) is 0 Å². The second kappa shape index (κ2) is 8.11. The topological polar surface area (TPSA) is 68.3 Å². The van der Waals surface area contributed by atoms with Gasteiger partial charge in [-0.3, -0.25) is 4.79 Å². The highest BCUT2D eigenvalue weighted by atomic mass is 16.4. The van der Waals surface area contributed by atoms with Crippen LogP contribution in [-0.2, 0) is 4.79 Å². The van der Waals surface area contributed by atoms with Crippen molar-refractivity contribution in [1.29, 1.82) is 0 Å². The zero-order chi connectivity index (χ0) is 18.6. The molecule has 1 amide bonds. The lowest BCUT2D eigenvalue weighted by molar-refractivity contribution is -0.132. The molecule has 27 heavy (non-hydrogen) atoms. The number of likely N-dealkylation sites (tertiary alicyclic amines) is 1. The molecular weight excluding hydrogens is 342 g/mol. The van der Waals surface area contributed by atoms with Crippen LogP contribution in [0.1, 0.15) is 57.4 Å². The van der Waals surface area contributed by atoms with Gasteiger partial charge in [-0.25, -0.2) is 4.79 Å². The summed E-state index contributed by atoms with van der Waals surface area (Å²) in [5, 5.41) is 4.40. The number of hydrogen-bond acceptors (Lipinski definition) is 4. The number of amides is 1. The van der Waals surface area contributed by atoms with E-state index in [2.05, 4.69) is 5.10 Å². The van der Waals surface area contributed by atoms with E-state index in [1.807, 2.05) is 35.2 Å². The molecule has 6 heteroatoms. The summed E-state index contributed by atoms with van der Waals surface area (Å²) < 4.78 is 6.80. The highest BCUT2D eigenvalue weighted by Crippen LogP contribution is 2.29. The third-order valence-electron chi connectivity index (χ3n) is 5.99. The molecule has 0 unspecified atom stereocenters. The van der Waals surface area contributed by atoms with Crippen molar-refractivity contribution >= 4 is 5.91 Å². The molecule has 2 aliphatic rings. The van der Waals surface area contributed by atoms with E-state index in [1.165, 1.54) is 30.4 Å². The van der Waals surface area contributed by atoms with E-state index in [1.54, 1.807) is 0 Å². The first kappa shape index (κ1) is 18.0. The largest absolute Gasteiger partial charge is 0.437 e. The Kier molecular flexibility index (Phi) is 5.41. The minimum Gasteiger partial charge on any atom is -0.388 e. The lowest BCUT2D eigenvalue weighted by atomic mass is 10.00. The van der Waals surface area contributed by atoms with Gasteiger partial charge in [-0.05, 0) is 37.3 Å². The maximum atomic E-state index is 12.5. The summed E-state index contributed by atoms with van der Waals surface area (Å²) in [7, 11) is 0. The van der Waals surface area contributed by atoms with Gasteiger partial charge in [-0.15, -0.1) is 5.10 Å². The van der Waals surface area contributed by atoms with Crippen LogP contribution in [0, 0.1) is 5.92 Å². The number of hydrogen-bond donors (Lipinski definition) is 0. The van der Waals surface area contributed by atoms with Crippen molar-refractivity contribution in [2.24, 2.45) is 5.92 Å². The normalized spacial score (nSPS) is 18.9. The minimum absolute atomic E-state index is 0.00223. The summed E-state index contributed by atoms with van der Waals surface area (Å²) in [5.41, 5.74) is 0.799. The predicted octanol–water partition coefficient (Wildman–Crippen LogP) is 3.64. The first-order valence-electron chi connectivity index (χ1n) is 10.1. The predicted molar refractivity (Wildman–Crippen MR) is 102 cm³/mol. The molecule has 1 aromatic carbocycles. The van der Waals surface area contributed by atoms with Crippen LogP contribution in [0.15, 0.2) is 39.5 Å². The highest BCUT2D eigenvalue weighted by Gasteiger charge is 2.27. The standard InChI is InChI=1S/C21H27N3O3/c25-19(11-10-16-6-4-5-7-16)23-14-12-18(13-15-23)24-21(26)27-20(22-24)17-8-2-1-3-9-17/h1-3,8-9,16,18H,4-7,10-15H2. The van der Waals surface area contributed by atoms with E-state index in [4.69, 9.17) is 4.42 Å². The van der Waals surface area contributed by atoms with Crippen LogP contribution >= 0.6 is 0 Å². The fourth-order valence-corrected chi connectivity index (χ4v) is 4.36. The van der Waals surface area contributed by atoms with Gasteiger partial charge in [0, 0.05) is 25.1 Å². The smallest absolute Gasteiger partial charge is 0.388 e. The molecule has 4 rings (SSSR count). The van der Waals surface area contributed by atoms with Crippen molar-refractivity contribution in [3.8, 4) is 11.5 Å². The van der Waals surface area contributed by atoms with Gasteiger partial charge in [-0.2, -0.15) is 4.68 Å². The summed E-state index contributed by atoms with van der Waals surface area (Å²) in [6.07, 6.45) is 8.40. The Morgan fingerprint density at radius 2 is 1.78 bits per heavy atom. The molecule has 1 aliphatic heterocycles. The van der Waals surface area contributed by atoms with Crippen molar-refractivity contribution in [3.63, 3.8) is 0 Å². The van der Waals surface area contributed by atoms with E-state index in [9.17, 15) is 9.59 Å². The molecule has 0 spiro atoms. The molecule has 2 heterocycles. The van der Waals surface area contributed by atoms with Crippen LogP contribution in [0.5, 0.6) is 0 Å². The van der Waals surface area contributed by atoms with Gasteiger partial charge >= 0.3 is 5.76 Å². The Morgan fingerprint density at radius 1 is 1.07 bits per heavy atom. The minimum atomic E-state index is -0.417. The molecule has 0 bridgehead atoms. The van der Waals surface area contributed by atoms with E-state index in [0.717, 1.165) is 30.7 Å². The summed E-state index contributed by atoms with van der Waals surface area (Å²) in [6, 6.07) is 9.45. The third kappa shape index (κ3) is 4.15. The van der Waals surface area contributed by atoms with Crippen molar-refractivity contribution in [3.05, 3.63) is 40.9 Å². The first-order valence-corrected chi connectivity index (χ1v) is 10.1. The molecule has 6 nitrogen and oxygen atoms in total. The molecule has 0 atom stereocenters. The quantitative estimate of drug-likeness (QED) is 0.807. The summed E-state index contributed by atoms with van der Waals surface area (Å²) in [4.78, 5) is 26.7. The lowest BCUT2D eigenvalue weighted by Crippen LogP contribution is -2.40. The Morgan fingerprint density at radius 3 is 2.48 bits per heavy atom. The van der Waals surface area contributed by atoms with Gasteiger partial charge in [0.15, 0.2) is 0 Å². The molecule has 2 aromatic rings. The number of nitrogens with zero attached hydrogens (tertiary/aromatic N) is 3. The highest BCUT2D eigenvalue weighted by molar-refractivity contribution is 5.76. The monoisotopic (exact) mass is 369 g/mol. The zero-order valence-corrected chi connectivity index (χ0v) is 15.7. The van der Waals surface area contributed by atoms with Crippen LogP contribution in [0.2, 0.25) is 0 Å². The number of aromatic nitrogens is 2. The molecule has 0 radical (unpaired) electrons. The van der Waals surface area contributed by atoms with Gasteiger partial charge in [0.2, 0.25) is 11.8 Å². The van der Waals surface area contributed by atoms with E-state index >= 15 is 0 Å². The van der Waals surface area contributed by atoms with Crippen LogP contribution in [0.25, 0.3) is 11.5 Å². The average molecular weight is 369 g/mol. The van der Waals surface area contributed by atoms with Gasteiger partial charge in [0.1, 0.15) is 0 Å². The SMILES string of the molecule is O=C(CCC1CCCC1)N1CCC(n2nc(-c3ccccc3)oc2=O)CC1. The molecule has 144 valence electrons. The molecule has 0 N–H and O–H groups in total. The fourth-order valence-electron chi connectivity index (χ4n) is 4.36. The second-order valence-electron chi connectivity index (χ2n) is 7.78. The second-order valence-corrected chi connectivity index (χ2v) is 7.78. The van der Waals surface area contributed by atoms with Crippen molar-refractivity contribution < 1.29 is 9.21 Å². The fraction of sp³-hybridized carbons (Fsp3) is 0.571. The van der Waals surface area contributed by atoms with Crippen molar-refractivity contribution in [1.82, 2.24) is 14.7 Å². The maximum Gasteiger partial charge on any atom is 0.437 e. The lowest BCUT2D eigenvalue weighted by Gasteiger charge is -2.31. The Hall–Kier alpha value is -2.37. The average Bonchev–Trinajstić information content (AvgIpc) is 3.37. The van der Waals surface area contributed by atoms with Crippen LogP contribution in [-0.4, -0.2) is 33.7 Å². The number of piperidine rings is 1. The number of carbonyl (C=O) groups excluding carboxylic acids is 1. The third-order valence-corrected chi connectivity index (χ3v) is 5.99. The van der Waals surface area contributed by atoms with Gasteiger partial charge in [-0.1, -0.05) is 43.9 Å². The van der Waals surface area contributed by atoms with Gasteiger partial charge < -0.3 is 9.32 Å². The Bertz CT molecular complexity index is 813. The van der Waals surface area contributed by atoms with Crippen molar-refractivity contribution in [2.75, 3.05) is 13.1 Å². The van der Waals surface area contributed by atoms with Crippen LogP contribution in [0.4, 0.5) is 0 Å². The van der Waals surface area contributed by atoms with Crippen LogP contribution < -0.4 is 5.76 Å². The molecule has 1 aromatic heterocycles. The maximum absolute atomic E-state index is 12.5. The molecule has 2 fully saturated rings. The zero-order valence-electron chi connectivity index (χ0n) is 15.7. The van der Waals surface area contributed by atoms with Gasteiger partial charge in [0.05, 0.1) is 6.04 Å². The number of benzene rings is 1. The van der Waals surface area contributed by atoms with Crippen molar-refractivity contribution in [2.45, 2.75) is 57.4 Å². The molecule has 1 aliphatic carbocycles. The number of rotatable bonds is 5. The summed E-state index contributed by atoms with van der Waals surface area (Å²) in [5.74, 6) is 0.949. The Labute approximate surface area is 159 Å². The van der Waals surface area contributed by atoms with Crippen LogP contribution in [0.3, 0.4) is 0 Å². The molecular formula is C21H27N3O3. The molecule has 1 saturated heterocycles. The van der Waals surface area contributed by atoms with E-state index in [-0.39, 0.29) is 11.9 Å². The van der Waals surface area contributed by atoms with E-state index < -0.39 is 5.76 Å².